The van der Waals surface area contributed by atoms with Crippen molar-refractivity contribution in [3.05, 3.63) is 29.3 Å². The van der Waals surface area contributed by atoms with Crippen molar-refractivity contribution in [2.75, 3.05) is 11.9 Å². The largest absolute Gasteiger partial charge is 0.385 e. The minimum atomic E-state index is -0.180. The summed E-state index contributed by atoms with van der Waals surface area (Å²) in [5, 5.41) is 12.4. The van der Waals surface area contributed by atoms with Gasteiger partial charge in [0.1, 0.15) is 0 Å². The third-order valence-electron chi connectivity index (χ3n) is 3.37. The Balaban J connectivity index is 2.26. The third-order valence-corrected chi connectivity index (χ3v) is 3.37. The van der Waals surface area contributed by atoms with Gasteiger partial charge in [0.05, 0.1) is 11.5 Å². The number of nitrogens with one attached hydrogen (secondary N) is 1. The molecule has 0 aliphatic heterocycles. The number of nitrogens with zero attached hydrogens (tertiary/aromatic N) is 1. The fourth-order valence-electron chi connectivity index (χ4n) is 1.83. The van der Waals surface area contributed by atoms with Crippen LogP contribution in [0.4, 0.5) is 5.69 Å². The van der Waals surface area contributed by atoms with Crippen LogP contribution >= 0.6 is 0 Å². The van der Waals surface area contributed by atoms with Crippen LogP contribution in [0.2, 0.25) is 0 Å². The van der Waals surface area contributed by atoms with Gasteiger partial charge in [0.15, 0.2) is 0 Å². The van der Waals surface area contributed by atoms with Crippen molar-refractivity contribution in [3.63, 3.8) is 0 Å². The van der Waals surface area contributed by atoms with Crippen LogP contribution in [0.1, 0.15) is 44.2 Å². The molecular formula is C16H24N2. The average Bonchev–Trinajstić information content (AvgIpc) is 2.33. The second-order valence-electron chi connectivity index (χ2n) is 5.68. The molecule has 0 unspecified atom stereocenters. The van der Waals surface area contributed by atoms with Gasteiger partial charge in [-0.15, -0.1) is 0 Å². The quantitative estimate of drug-likeness (QED) is 0.751. The van der Waals surface area contributed by atoms with Gasteiger partial charge in [-0.25, -0.2) is 0 Å². The second kappa shape index (κ2) is 6.44. The van der Waals surface area contributed by atoms with Crippen molar-refractivity contribution in [3.8, 4) is 6.07 Å². The molecule has 0 amide bonds. The monoisotopic (exact) mass is 244 g/mol. The highest BCUT2D eigenvalue weighted by Crippen LogP contribution is 2.21. The Bertz CT molecular complexity index is 427. The first kappa shape index (κ1) is 14.6. The number of nitriles is 1. The summed E-state index contributed by atoms with van der Waals surface area (Å²) in [4.78, 5) is 0. The predicted octanol–water partition coefficient (Wildman–Crippen LogP) is 4.44. The van der Waals surface area contributed by atoms with E-state index in [1.165, 1.54) is 16.8 Å². The fraction of sp³-hybridized carbons (Fsp3) is 0.562. The second-order valence-corrected chi connectivity index (χ2v) is 5.68. The molecule has 0 aliphatic carbocycles. The van der Waals surface area contributed by atoms with E-state index in [-0.39, 0.29) is 5.41 Å². The molecule has 1 N–H and O–H groups in total. The summed E-state index contributed by atoms with van der Waals surface area (Å²) in [6, 6.07) is 8.81. The van der Waals surface area contributed by atoms with Crippen LogP contribution in [0.3, 0.4) is 0 Å². The van der Waals surface area contributed by atoms with E-state index in [0.29, 0.717) is 0 Å². The Morgan fingerprint density at radius 3 is 2.50 bits per heavy atom. The summed E-state index contributed by atoms with van der Waals surface area (Å²) in [7, 11) is 0. The van der Waals surface area contributed by atoms with E-state index in [4.69, 9.17) is 5.26 Å². The molecule has 1 rings (SSSR count). The van der Waals surface area contributed by atoms with E-state index in [0.717, 1.165) is 25.8 Å². The summed E-state index contributed by atoms with van der Waals surface area (Å²) in [6.45, 7) is 9.25. The van der Waals surface area contributed by atoms with Crippen molar-refractivity contribution in [2.45, 2.75) is 47.0 Å². The maximum Gasteiger partial charge on any atom is 0.0683 e. The smallest absolute Gasteiger partial charge is 0.0683 e. The van der Waals surface area contributed by atoms with E-state index in [1.807, 2.05) is 13.8 Å². The van der Waals surface area contributed by atoms with E-state index in [9.17, 15) is 0 Å². The Morgan fingerprint density at radius 1 is 1.17 bits per heavy atom. The Labute approximate surface area is 111 Å². The van der Waals surface area contributed by atoms with E-state index in [2.05, 4.69) is 43.4 Å². The average molecular weight is 244 g/mol. The van der Waals surface area contributed by atoms with Crippen LogP contribution in [-0.4, -0.2) is 6.54 Å². The molecule has 1 aromatic rings. The fourth-order valence-corrected chi connectivity index (χ4v) is 1.83. The molecule has 0 fully saturated rings. The van der Waals surface area contributed by atoms with E-state index in [1.54, 1.807) is 0 Å². The Kier molecular flexibility index (Phi) is 5.22. The normalized spacial score (nSPS) is 11.1. The first-order valence-electron chi connectivity index (χ1n) is 6.67. The van der Waals surface area contributed by atoms with Gasteiger partial charge < -0.3 is 5.32 Å². The minimum absolute atomic E-state index is 0.180. The summed E-state index contributed by atoms with van der Waals surface area (Å²) in [6.07, 6.45) is 3.18. The number of hydrogen-bond acceptors (Lipinski definition) is 2. The highest BCUT2D eigenvalue weighted by Gasteiger charge is 2.15. The molecule has 0 saturated carbocycles. The first-order valence-corrected chi connectivity index (χ1v) is 6.67. The molecule has 0 radical (unpaired) electrons. The molecule has 0 heterocycles. The maximum absolute atomic E-state index is 8.92. The molecule has 0 saturated heterocycles. The van der Waals surface area contributed by atoms with Gasteiger partial charge in [-0.1, -0.05) is 12.5 Å². The molecule has 0 aliphatic rings. The van der Waals surface area contributed by atoms with Crippen LogP contribution < -0.4 is 5.32 Å². The molecule has 0 atom stereocenters. The maximum atomic E-state index is 8.92. The summed E-state index contributed by atoms with van der Waals surface area (Å²) < 4.78 is 0. The highest BCUT2D eigenvalue weighted by atomic mass is 14.9. The minimum Gasteiger partial charge on any atom is -0.385 e. The van der Waals surface area contributed by atoms with Gasteiger partial charge in [-0.3, -0.25) is 0 Å². The van der Waals surface area contributed by atoms with Crippen LogP contribution in [0.25, 0.3) is 0 Å². The number of hydrogen-bond donors (Lipinski definition) is 1. The van der Waals surface area contributed by atoms with E-state index < -0.39 is 0 Å². The lowest BCUT2D eigenvalue weighted by atomic mass is 9.89. The number of anilines is 1. The van der Waals surface area contributed by atoms with Crippen molar-refractivity contribution in [1.29, 1.82) is 5.26 Å². The molecule has 1 aromatic carbocycles. The van der Waals surface area contributed by atoms with Crippen molar-refractivity contribution in [2.24, 2.45) is 5.41 Å². The molecule has 2 nitrogen and oxygen atoms in total. The molecule has 0 spiro atoms. The molecule has 0 bridgehead atoms. The standard InChI is InChI=1S/C16H24N2/c1-13-7-8-15(11-14(13)2)18-10-6-5-9-16(3,4)12-17/h7-8,11,18H,5-6,9-10H2,1-4H3. The molecular weight excluding hydrogens is 220 g/mol. The lowest BCUT2D eigenvalue weighted by Gasteiger charge is -2.14. The van der Waals surface area contributed by atoms with Crippen molar-refractivity contribution in [1.82, 2.24) is 0 Å². The van der Waals surface area contributed by atoms with Gasteiger partial charge in [-0.05, 0) is 63.8 Å². The number of rotatable bonds is 6. The Hall–Kier alpha value is -1.49. The van der Waals surface area contributed by atoms with Crippen LogP contribution in [-0.2, 0) is 0 Å². The van der Waals surface area contributed by atoms with Gasteiger partial charge in [0.2, 0.25) is 0 Å². The number of aryl methyl sites for hydroxylation is 2. The summed E-state index contributed by atoms with van der Waals surface area (Å²) >= 11 is 0. The van der Waals surface area contributed by atoms with Gasteiger partial charge in [0.25, 0.3) is 0 Å². The van der Waals surface area contributed by atoms with E-state index >= 15 is 0 Å². The first-order chi connectivity index (χ1) is 8.44. The predicted molar refractivity (Wildman–Crippen MR) is 77.7 cm³/mol. The molecule has 98 valence electrons. The lowest BCUT2D eigenvalue weighted by molar-refractivity contribution is 0.430. The van der Waals surface area contributed by atoms with Gasteiger partial charge in [0, 0.05) is 12.2 Å². The van der Waals surface area contributed by atoms with Gasteiger partial charge in [-0.2, -0.15) is 5.26 Å². The van der Waals surface area contributed by atoms with Crippen LogP contribution in [0.15, 0.2) is 18.2 Å². The van der Waals surface area contributed by atoms with Crippen molar-refractivity contribution >= 4 is 5.69 Å². The summed E-state index contributed by atoms with van der Waals surface area (Å²) in [5.41, 5.74) is 3.67. The van der Waals surface area contributed by atoms with Crippen LogP contribution in [0, 0.1) is 30.6 Å². The molecule has 2 heteroatoms. The zero-order valence-corrected chi connectivity index (χ0v) is 12.0. The lowest BCUT2D eigenvalue weighted by Crippen LogP contribution is -2.09. The van der Waals surface area contributed by atoms with Crippen molar-refractivity contribution < 1.29 is 0 Å². The SMILES string of the molecule is Cc1ccc(NCCCCC(C)(C)C#N)cc1C. The number of unbranched alkanes of at least 4 members (excludes halogenated alkanes) is 1. The Morgan fingerprint density at radius 2 is 1.89 bits per heavy atom. The molecule has 0 aromatic heterocycles. The van der Waals surface area contributed by atoms with Crippen LogP contribution in [0.5, 0.6) is 0 Å². The zero-order valence-electron chi connectivity index (χ0n) is 12.0. The highest BCUT2D eigenvalue weighted by molar-refractivity contribution is 5.47. The zero-order chi connectivity index (χ0) is 13.6. The van der Waals surface area contributed by atoms with Gasteiger partial charge >= 0.3 is 0 Å². The molecule has 18 heavy (non-hydrogen) atoms. The third kappa shape index (κ3) is 4.79. The topological polar surface area (TPSA) is 35.8 Å². The number of benzene rings is 1. The summed E-state index contributed by atoms with van der Waals surface area (Å²) in [5.74, 6) is 0.